The monoisotopic (exact) mass is 224 g/mol. The molecular formula is C16H16O. The van der Waals surface area contributed by atoms with E-state index in [9.17, 15) is 0 Å². The van der Waals surface area contributed by atoms with Crippen LogP contribution in [0.1, 0.15) is 16.7 Å². The Balaban J connectivity index is 2.34. The fourth-order valence-electron chi connectivity index (χ4n) is 1.68. The van der Waals surface area contributed by atoms with Crippen molar-refractivity contribution in [2.75, 3.05) is 7.11 Å². The molecule has 86 valence electrons. The third-order valence-corrected chi connectivity index (χ3v) is 2.65. The van der Waals surface area contributed by atoms with Gasteiger partial charge in [0.1, 0.15) is 5.76 Å². The van der Waals surface area contributed by atoms with Crippen LogP contribution >= 0.6 is 0 Å². The van der Waals surface area contributed by atoms with Crippen LogP contribution in [-0.2, 0) is 4.74 Å². The largest absolute Gasteiger partial charge is 0.496 e. The molecule has 2 aromatic rings. The SMILES string of the molecule is CO/C(=C\c1ccccc1)c1ccc(C)cc1. The van der Waals surface area contributed by atoms with Crippen LogP contribution in [0.3, 0.4) is 0 Å². The highest BCUT2D eigenvalue weighted by Crippen LogP contribution is 2.19. The molecule has 0 aliphatic rings. The fourth-order valence-corrected chi connectivity index (χ4v) is 1.68. The van der Waals surface area contributed by atoms with Gasteiger partial charge in [-0.2, -0.15) is 0 Å². The number of hydrogen-bond acceptors (Lipinski definition) is 1. The van der Waals surface area contributed by atoms with E-state index in [1.54, 1.807) is 7.11 Å². The van der Waals surface area contributed by atoms with Crippen molar-refractivity contribution >= 4 is 11.8 Å². The summed E-state index contributed by atoms with van der Waals surface area (Å²) in [5.41, 5.74) is 3.50. The molecule has 1 nitrogen and oxygen atoms in total. The summed E-state index contributed by atoms with van der Waals surface area (Å²) in [5.74, 6) is 0.885. The Labute approximate surface area is 102 Å². The molecule has 0 unspecified atom stereocenters. The molecule has 0 amide bonds. The number of rotatable bonds is 3. The van der Waals surface area contributed by atoms with Crippen molar-refractivity contribution in [3.63, 3.8) is 0 Å². The lowest BCUT2D eigenvalue weighted by Gasteiger charge is -2.07. The molecule has 0 spiro atoms. The van der Waals surface area contributed by atoms with Gasteiger partial charge in [0.2, 0.25) is 0 Å². The summed E-state index contributed by atoms with van der Waals surface area (Å²) in [5, 5.41) is 0. The maximum absolute atomic E-state index is 5.44. The second-order valence-corrected chi connectivity index (χ2v) is 3.99. The van der Waals surface area contributed by atoms with E-state index in [0.717, 1.165) is 16.9 Å². The smallest absolute Gasteiger partial charge is 0.126 e. The van der Waals surface area contributed by atoms with E-state index >= 15 is 0 Å². The fraction of sp³-hybridized carbons (Fsp3) is 0.125. The highest BCUT2D eigenvalue weighted by Gasteiger charge is 2.00. The molecular weight excluding hydrogens is 208 g/mol. The van der Waals surface area contributed by atoms with Gasteiger partial charge in [-0.15, -0.1) is 0 Å². The van der Waals surface area contributed by atoms with Crippen LogP contribution < -0.4 is 0 Å². The predicted octanol–water partition coefficient (Wildman–Crippen LogP) is 4.14. The van der Waals surface area contributed by atoms with Crippen molar-refractivity contribution in [3.05, 3.63) is 71.3 Å². The van der Waals surface area contributed by atoms with Crippen LogP contribution in [0.15, 0.2) is 54.6 Å². The van der Waals surface area contributed by atoms with Gasteiger partial charge < -0.3 is 4.74 Å². The molecule has 2 aromatic carbocycles. The van der Waals surface area contributed by atoms with Crippen molar-refractivity contribution in [2.24, 2.45) is 0 Å². The Morgan fingerprint density at radius 1 is 0.941 bits per heavy atom. The Morgan fingerprint density at radius 3 is 2.18 bits per heavy atom. The molecule has 0 atom stereocenters. The lowest BCUT2D eigenvalue weighted by Crippen LogP contribution is -1.87. The summed E-state index contributed by atoms with van der Waals surface area (Å²) in [6.45, 7) is 2.08. The third-order valence-electron chi connectivity index (χ3n) is 2.65. The summed E-state index contributed by atoms with van der Waals surface area (Å²) in [7, 11) is 1.70. The first-order valence-electron chi connectivity index (χ1n) is 5.67. The van der Waals surface area contributed by atoms with Gasteiger partial charge in [0, 0.05) is 5.56 Å². The average Bonchev–Trinajstić information content (AvgIpc) is 2.38. The van der Waals surface area contributed by atoms with Gasteiger partial charge in [-0.05, 0) is 18.6 Å². The average molecular weight is 224 g/mol. The van der Waals surface area contributed by atoms with E-state index in [2.05, 4.69) is 43.3 Å². The van der Waals surface area contributed by atoms with E-state index in [1.165, 1.54) is 5.56 Å². The van der Waals surface area contributed by atoms with Crippen LogP contribution in [0.4, 0.5) is 0 Å². The summed E-state index contributed by atoms with van der Waals surface area (Å²) in [4.78, 5) is 0. The maximum Gasteiger partial charge on any atom is 0.126 e. The predicted molar refractivity (Wildman–Crippen MR) is 72.5 cm³/mol. The Bertz CT molecular complexity index is 495. The minimum Gasteiger partial charge on any atom is -0.496 e. The van der Waals surface area contributed by atoms with Crippen LogP contribution in [-0.4, -0.2) is 7.11 Å². The van der Waals surface area contributed by atoms with Gasteiger partial charge in [-0.25, -0.2) is 0 Å². The van der Waals surface area contributed by atoms with Gasteiger partial charge in [0.15, 0.2) is 0 Å². The van der Waals surface area contributed by atoms with Crippen LogP contribution in [0.2, 0.25) is 0 Å². The van der Waals surface area contributed by atoms with E-state index in [0.29, 0.717) is 0 Å². The first-order chi connectivity index (χ1) is 8.29. The van der Waals surface area contributed by atoms with E-state index in [-0.39, 0.29) is 0 Å². The summed E-state index contributed by atoms with van der Waals surface area (Å²) >= 11 is 0. The van der Waals surface area contributed by atoms with Crippen molar-refractivity contribution in [2.45, 2.75) is 6.92 Å². The number of benzene rings is 2. The summed E-state index contributed by atoms with van der Waals surface area (Å²) in [6, 6.07) is 18.5. The zero-order valence-corrected chi connectivity index (χ0v) is 10.2. The summed E-state index contributed by atoms with van der Waals surface area (Å²) < 4.78 is 5.44. The molecule has 0 saturated carbocycles. The molecule has 0 aromatic heterocycles. The number of aryl methyl sites for hydroxylation is 1. The molecule has 0 bridgehead atoms. The normalized spacial score (nSPS) is 11.3. The minimum absolute atomic E-state index is 0.885. The van der Waals surface area contributed by atoms with Crippen molar-refractivity contribution in [3.8, 4) is 0 Å². The van der Waals surface area contributed by atoms with Crippen LogP contribution in [0.25, 0.3) is 11.8 Å². The lowest BCUT2D eigenvalue weighted by atomic mass is 10.1. The third kappa shape index (κ3) is 2.97. The highest BCUT2D eigenvalue weighted by molar-refractivity contribution is 5.77. The minimum atomic E-state index is 0.885. The quantitative estimate of drug-likeness (QED) is 0.562. The second-order valence-electron chi connectivity index (χ2n) is 3.99. The molecule has 0 aliphatic carbocycles. The van der Waals surface area contributed by atoms with Gasteiger partial charge in [0.05, 0.1) is 7.11 Å². The van der Waals surface area contributed by atoms with Crippen LogP contribution in [0, 0.1) is 6.92 Å². The van der Waals surface area contributed by atoms with Gasteiger partial charge >= 0.3 is 0 Å². The number of hydrogen-bond donors (Lipinski definition) is 0. The topological polar surface area (TPSA) is 9.23 Å². The molecule has 0 saturated heterocycles. The molecule has 0 radical (unpaired) electrons. The maximum atomic E-state index is 5.44. The molecule has 2 rings (SSSR count). The number of ether oxygens (including phenoxy) is 1. The molecule has 0 heterocycles. The van der Waals surface area contributed by atoms with Crippen molar-refractivity contribution < 1.29 is 4.74 Å². The Kier molecular flexibility index (Phi) is 3.61. The standard InChI is InChI=1S/C16H16O/c1-13-8-10-15(11-9-13)16(17-2)12-14-6-4-3-5-7-14/h3-12H,1-2H3/b16-12-. The first kappa shape index (κ1) is 11.5. The lowest BCUT2D eigenvalue weighted by molar-refractivity contribution is 0.372. The Hall–Kier alpha value is -2.02. The highest BCUT2D eigenvalue weighted by atomic mass is 16.5. The van der Waals surface area contributed by atoms with Crippen molar-refractivity contribution in [1.82, 2.24) is 0 Å². The van der Waals surface area contributed by atoms with Gasteiger partial charge in [-0.1, -0.05) is 60.2 Å². The zero-order chi connectivity index (χ0) is 12.1. The molecule has 0 fully saturated rings. The van der Waals surface area contributed by atoms with E-state index in [1.807, 2.05) is 24.3 Å². The second kappa shape index (κ2) is 5.35. The zero-order valence-electron chi connectivity index (χ0n) is 10.2. The molecule has 17 heavy (non-hydrogen) atoms. The molecule has 1 heteroatoms. The Morgan fingerprint density at radius 2 is 1.59 bits per heavy atom. The first-order valence-corrected chi connectivity index (χ1v) is 5.67. The van der Waals surface area contributed by atoms with Crippen LogP contribution in [0.5, 0.6) is 0 Å². The van der Waals surface area contributed by atoms with Gasteiger partial charge in [-0.3, -0.25) is 0 Å². The molecule has 0 N–H and O–H groups in total. The van der Waals surface area contributed by atoms with E-state index in [4.69, 9.17) is 4.74 Å². The van der Waals surface area contributed by atoms with Gasteiger partial charge in [0.25, 0.3) is 0 Å². The summed E-state index contributed by atoms with van der Waals surface area (Å²) in [6.07, 6.45) is 2.05. The van der Waals surface area contributed by atoms with Crippen molar-refractivity contribution in [1.29, 1.82) is 0 Å². The number of methoxy groups -OCH3 is 1. The van der Waals surface area contributed by atoms with E-state index < -0.39 is 0 Å². The molecule has 0 aliphatic heterocycles.